The lowest BCUT2D eigenvalue weighted by molar-refractivity contribution is 0.478. The maximum atomic E-state index is 8.92. The zero-order valence-electron chi connectivity index (χ0n) is 9.57. The zero-order chi connectivity index (χ0) is 12.8. The van der Waals surface area contributed by atoms with Gasteiger partial charge in [-0.1, -0.05) is 18.2 Å². The third-order valence-electron chi connectivity index (χ3n) is 2.11. The van der Waals surface area contributed by atoms with E-state index in [4.69, 9.17) is 21.7 Å². The van der Waals surface area contributed by atoms with Gasteiger partial charge in [0, 0.05) is 0 Å². The topological polar surface area (TPSA) is 93.9 Å². The fourth-order valence-corrected chi connectivity index (χ4v) is 1.16. The summed E-state index contributed by atoms with van der Waals surface area (Å²) in [4.78, 5) is 0. The van der Waals surface area contributed by atoms with Gasteiger partial charge >= 0.3 is 0 Å². The molecule has 0 spiro atoms. The number of nitrogens with two attached hydrogens (primary N) is 1. The lowest BCUT2D eigenvalue weighted by Gasteiger charge is -1.97. The monoisotopic (exact) mass is 229 g/mol. The van der Waals surface area contributed by atoms with Crippen LogP contribution in [0.3, 0.4) is 0 Å². The number of allylic oxidation sites excluding steroid dienone is 4. The molecule has 0 saturated heterocycles. The first-order valence-electron chi connectivity index (χ1n) is 5.08. The van der Waals surface area contributed by atoms with Crippen molar-refractivity contribution >= 4 is 17.1 Å². The van der Waals surface area contributed by atoms with Gasteiger partial charge in [0.2, 0.25) is 0 Å². The summed E-state index contributed by atoms with van der Waals surface area (Å²) in [6.07, 6.45) is 6.70. The van der Waals surface area contributed by atoms with Gasteiger partial charge in [-0.05, 0) is 36.8 Å². The standard InChI is InChI=1S/C7H9NO.C6H6N2/c1-5-2-3-7(9)6(8)4-5;7-5-3-1-2-4-6(5)8/h2-4,9H,8H2,1H3;1-4,7-8H. The Labute approximate surface area is 100 Å². The number of anilines is 1. The molecule has 1 aromatic rings. The maximum absolute atomic E-state index is 8.92. The lowest BCUT2D eigenvalue weighted by Crippen LogP contribution is -2.06. The summed E-state index contributed by atoms with van der Waals surface area (Å²) in [5, 5.41) is 23.0. The van der Waals surface area contributed by atoms with Crippen LogP contribution < -0.4 is 5.73 Å². The van der Waals surface area contributed by atoms with Crippen LogP contribution in [0.1, 0.15) is 5.56 Å². The van der Waals surface area contributed by atoms with Gasteiger partial charge in [0.25, 0.3) is 0 Å². The number of phenols is 1. The minimum Gasteiger partial charge on any atom is -0.506 e. The van der Waals surface area contributed by atoms with Crippen molar-refractivity contribution in [2.45, 2.75) is 6.92 Å². The molecule has 1 aromatic carbocycles. The molecule has 0 bridgehead atoms. The molecule has 2 rings (SSSR count). The molecule has 0 fully saturated rings. The highest BCUT2D eigenvalue weighted by Gasteiger charge is 1.97. The molecular weight excluding hydrogens is 214 g/mol. The van der Waals surface area contributed by atoms with E-state index in [0.29, 0.717) is 5.69 Å². The minimum absolute atomic E-state index is 0.153. The van der Waals surface area contributed by atoms with Crippen LogP contribution in [0, 0.1) is 17.7 Å². The van der Waals surface area contributed by atoms with Gasteiger partial charge < -0.3 is 10.8 Å². The predicted octanol–water partition coefficient (Wildman–Crippen LogP) is 2.43. The van der Waals surface area contributed by atoms with Gasteiger partial charge in [-0.25, -0.2) is 0 Å². The number of nitrogen functional groups attached to an aromatic ring is 1. The van der Waals surface area contributed by atoms with Crippen LogP contribution in [-0.2, 0) is 0 Å². The molecular formula is C13H15N3O. The Morgan fingerprint density at radius 3 is 1.94 bits per heavy atom. The Morgan fingerprint density at radius 2 is 1.59 bits per heavy atom. The molecule has 4 heteroatoms. The molecule has 1 aliphatic rings. The van der Waals surface area contributed by atoms with Crippen LogP contribution in [0.25, 0.3) is 0 Å². The second-order valence-corrected chi connectivity index (χ2v) is 3.61. The number of hydrogen-bond donors (Lipinski definition) is 4. The van der Waals surface area contributed by atoms with Gasteiger partial charge in [-0.2, -0.15) is 0 Å². The summed E-state index contributed by atoms with van der Waals surface area (Å²) < 4.78 is 0. The molecule has 5 N–H and O–H groups in total. The third-order valence-corrected chi connectivity index (χ3v) is 2.11. The second-order valence-electron chi connectivity index (χ2n) is 3.61. The molecule has 88 valence electrons. The SMILES string of the molecule is Cc1ccc(O)c(N)c1.N=C1C=CC=CC1=N. The average molecular weight is 229 g/mol. The Balaban J connectivity index is 0.000000171. The Kier molecular flexibility index (Phi) is 4.22. The van der Waals surface area contributed by atoms with Gasteiger partial charge in [0.05, 0.1) is 17.1 Å². The van der Waals surface area contributed by atoms with Crippen LogP contribution in [0.4, 0.5) is 5.69 Å². The number of hydrogen-bond acceptors (Lipinski definition) is 4. The first kappa shape index (κ1) is 12.7. The van der Waals surface area contributed by atoms with Gasteiger partial charge in [-0.15, -0.1) is 0 Å². The van der Waals surface area contributed by atoms with Crippen molar-refractivity contribution in [2.24, 2.45) is 0 Å². The van der Waals surface area contributed by atoms with Gasteiger partial charge in [0.1, 0.15) is 5.75 Å². The normalized spacial score (nSPS) is 13.2. The van der Waals surface area contributed by atoms with E-state index in [0.717, 1.165) is 5.56 Å². The molecule has 0 unspecified atom stereocenters. The molecule has 1 aliphatic carbocycles. The van der Waals surface area contributed by atoms with Gasteiger partial charge in [0.15, 0.2) is 0 Å². The Bertz CT molecular complexity index is 479. The maximum Gasteiger partial charge on any atom is 0.138 e. The van der Waals surface area contributed by atoms with E-state index in [2.05, 4.69) is 0 Å². The van der Waals surface area contributed by atoms with Crippen molar-refractivity contribution in [3.05, 3.63) is 48.1 Å². The Hall–Kier alpha value is -2.36. The van der Waals surface area contributed by atoms with Crippen molar-refractivity contribution in [3.63, 3.8) is 0 Å². The molecule has 17 heavy (non-hydrogen) atoms. The Morgan fingerprint density at radius 1 is 1.06 bits per heavy atom. The average Bonchev–Trinajstić information content (AvgIpc) is 2.29. The van der Waals surface area contributed by atoms with E-state index in [1.54, 1.807) is 36.4 Å². The third kappa shape index (κ3) is 3.95. The van der Waals surface area contributed by atoms with E-state index in [1.165, 1.54) is 0 Å². The number of nitrogens with one attached hydrogen (secondary N) is 2. The number of phenolic OH excluding ortho intramolecular Hbond substituents is 1. The molecule has 0 amide bonds. The number of aryl methyl sites for hydroxylation is 1. The molecule has 0 heterocycles. The highest BCUT2D eigenvalue weighted by molar-refractivity contribution is 6.48. The number of rotatable bonds is 0. The fraction of sp³-hybridized carbons (Fsp3) is 0.0769. The van der Waals surface area contributed by atoms with E-state index < -0.39 is 0 Å². The molecule has 0 saturated carbocycles. The summed E-state index contributed by atoms with van der Waals surface area (Å²) in [6, 6.07) is 5.13. The highest BCUT2D eigenvalue weighted by atomic mass is 16.3. The largest absolute Gasteiger partial charge is 0.506 e. The quantitative estimate of drug-likeness (QED) is 0.312. The van der Waals surface area contributed by atoms with Crippen molar-refractivity contribution in [3.8, 4) is 5.75 Å². The first-order chi connectivity index (χ1) is 8.00. The summed E-state index contributed by atoms with van der Waals surface area (Å²) in [7, 11) is 0. The van der Waals surface area contributed by atoms with Gasteiger partial charge in [-0.3, -0.25) is 10.8 Å². The molecule has 4 nitrogen and oxygen atoms in total. The minimum atomic E-state index is 0.153. The molecule has 0 atom stereocenters. The first-order valence-corrected chi connectivity index (χ1v) is 5.08. The van der Waals surface area contributed by atoms with Crippen LogP contribution in [0.15, 0.2) is 42.5 Å². The van der Waals surface area contributed by atoms with E-state index in [1.807, 2.05) is 13.0 Å². The highest BCUT2D eigenvalue weighted by Crippen LogP contribution is 2.19. The predicted molar refractivity (Wildman–Crippen MR) is 71.0 cm³/mol. The molecule has 0 radical (unpaired) electrons. The van der Waals surface area contributed by atoms with Crippen LogP contribution in [-0.4, -0.2) is 16.5 Å². The smallest absolute Gasteiger partial charge is 0.138 e. The summed E-state index contributed by atoms with van der Waals surface area (Å²) in [6.45, 7) is 1.93. The molecule has 0 aromatic heterocycles. The van der Waals surface area contributed by atoms with Crippen molar-refractivity contribution < 1.29 is 5.11 Å². The van der Waals surface area contributed by atoms with Crippen molar-refractivity contribution in [1.29, 1.82) is 10.8 Å². The lowest BCUT2D eigenvalue weighted by atomic mass is 10.1. The van der Waals surface area contributed by atoms with Crippen LogP contribution >= 0.6 is 0 Å². The zero-order valence-corrected chi connectivity index (χ0v) is 9.57. The van der Waals surface area contributed by atoms with E-state index >= 15 is 0 Å². The van der Waals surface area contributed by atoms with Crippen LogP contribution in [0.5, 0.6) is 5.75 Å². The fourth-order valence-electron chi connectivity index (χ4n) is 1.16. The van der Waals surface area contributed by atoms with E-state index in [9.17, 15) is 0 Å². The summed E-state index contributed by atoms with van der Waals surface area (Å²) in [5.74, 6) is 0.153. The number of aromatic hydroxyl groups is 1. The molecule has 0 aliphatic heterocycles. The van der Waals surface area contributed by atoms with Crippen molar-refractivity contribution in [2.75, 3.05) is 5.73 Å². The second kappa shape index (κ2) is 5.65. The van der Waals surface area contributed by atoms with Crippen LogP contribution in [0.2, 0.25) is 0 Å². The van der Waals surface area contributed by atoms with E-state index in [-0.39, 0.29) is 17.2 Å². The summed E-state index contributed by atoms with van der Waals surface area (Å²) in [5.41, 5.74) is 7.44. The summed E-state index contributed by atoms with van der Waals surface area (Å²) >= 11 is 0. The number of benzene rings is 1. The van der Waals surface area contributed by atoms with Crippen molar-refractivity contribution in [1.82, 2.24) is 0 Å².